The summed E-state index contributed by atoms with van der Waals surface area (Å²) in [5.74, 6) is -12.5. The Morgan fingerprint density at radius 2 is 0.685 bits per heavy atom. The SMILES string of the molecule is NCCCC[C@H](NC(=O)CNC(=O)CNC(=O)CNC(=O)CCN1C(=O)c2ccc3c4c(ccc(c24)C1=O)C(=O)N(CCNC(=O)[C@@H](N)CCCCN)C3=O)C(=O)NCCN1C(=O)c2ccc3c4c(ccc(c24)C1=O)C(=O)N(CCC(=O)NCC(=O)O)C3=O. The van der Waals surface area contributed by atoms with E-state index < -0.39 is 146 Å². The average Bonchev–Trinajstić information content (AvgIpc) is 0.743. The Hall–Kier alpha value is -10.4. The molecule has 468 valence electrons. The number of imide groups is 4. The predicted octanol–water partition coefficient (Wildman–Crippen LogP) is -3.29. The van der Waals surface area contributed by atoms with Crippen molar-refractivity contribution in [2.75, 3.05) is 78.5 Å². The highest BCUT2D eigenvalue weighted by molar-refractivity contribution is 6.35. The molecule has 4 aliphatic heterocycles. The summed E-state index contributed by atoms with van der Waals surface area (Å²) in [5, 5.41) is 26.0. The summed E-state index contributed by atoms with van der Waals surface area (Å²) < 4.78 is 0. The van der Waals surface area contributed by atoms with E-state index in [4.69, 9.17) is 22.3 Å². The van der Waals surface area contributed by atoms with Crippen molar-refractivity contribution in [3.8, 4) is 0 Å². The fourth-order valence-electron chi connectivity index (χ4n) is 10.7. The lowest BCUT2D eigenvalue weighted by Gasteiger charge is -2.32. The first-order valence-corrected chi connectivity index (χ1v) is 28.5. The summed E-state index contributed by atoms with van der Waals surface area (Å²) in [6.45, 7) is -3.52. The number of nitrogens with zero attached hydrogens (tertiary/aromatic N) is 4. The first-order valence-electron chi connectivity index (χ1n) is 28.5. The van der Waals surface area contributed by atoms with E-state index in [1.54, 1.807) is 0 Å². The lowest BCUT2D eigenvalue weighted by atomic mass is 9.86. The van der Waals surface area contributed by atoms with Gasteiger partial charge >= 0.3 is 5.97 Å². The standard InChI is InChI=1S/C58H64N14O17/c59-17-3-1-5-37(61)49(80)62-19-23-71-55(86)33-11-7-29-45-30(8-12-34(47(33)45)56(71)87)52(83)69(51(29)82)21-15-39(73)64-25-41(75)65-26-42(76)66-27-43(77)68-38(6-2-4-18-60)50(81)63-20-24-72-57(88)35-13-9-31-46-32(10-14-36(48(35)46)58(72)89)54(85)70(53(31)84)22-16-40(74)67-28-44(78)79/h7-14,37-38H,1-6,15-28,59-61H2,(H,62,80)(H,63,81)(H,64,73)(H,65,75)(H,66,76)(H,67,74)(H,68,77)(H,78,79)/t37-,38-/m0/s1. The van der Waals surface area contributed by atoms with Crippen LogP contribution in [0.15, 0.2) is 48.5 Å². The van der Waals surface area contributed by atoms with Gasteiger partial charge in [0.05, 0.1) is 25.7 Å². The van der Waals surface area contributed by atoms with E-state index in [2.05, 4.69) is 37.2 Å². The van der Waals surface area contributed by atoms with E-state index in [9.17, 15) is 76.7 Å². The maximum Gasteiger partial charge on any atom is 0.322 e. The van der Waals surface area contributed by atoms with Gasteiger partial charge in [0.15, 0.2) is 0 Å². The van der Waals surface area contributed by atoms with E-state index in [1.165, 1.54) is 48.5 Å². The number of carboxylic acids is 1. The van der Waals surface area contributed by atoms with Crippen molar-refractivity contribution < 1.29 is 81.8 Å². The highest BCUT2D eigenvalue weighted by Crippen LogP contribution is 2.39. The van der Waals surface area contributed by atoms with Gasteiger partial charge in [-0.1, -0.05) is 6.42 Å². The number of rotatable bonds is 31. The first-order chi connectivity index (χ1) is 42.6. The quantitative estimate of drug-likeness (QED) is 0.0174. The molecule has 31 heteroatoms. The first kappa shape index (κ1) is 64.6. The third-order valence-corrected chi connectivity index (χ3v) is 15.2. The largest absolute Gasteiger partial charge is 0.480 e. The Kier molecular flexibility index (Phi) is 20.6. The zero-order chi connectivity index (χ0) is 64.4. The van der Waals surface area contributed by atoms with Gasteiger partial charge in [-0.2, -0.15) is 0 Å². The third kappa shape index (κ3) is 14.1. The van der Waals surface area contributed by atoms with Crippen molar-refractivity contribution in [2.45, 2.75) is 63.5 Å². The number of carboxylic acid groups (broad SMARTS) is 1. The van der Waals surface area contributed by atoms with Crippen LogP contribution in [-0.4, -0.2) is 210 Å². The molecule has 0 radical (unpaired) electrons. The highest BCUT2D eigenvalue weighted by atomic mass is 16.4. The molecule has 0 saturated carbocycles. The fourth-order valence-corrected chi connectivity index (χ4v) is 10.7. The van der Waals surface area contributed by atoms with Crippen molar-refractivity contribution in [3.05, 3.63) is 93.0 Å². The molecule has 4 aromatic carbocycles. The molecule has 8 rings (SSSR count). The van der Waals surface area contributed by atoms with Crippen molar-refractivity contribution in [2.24, 2.45) is 17.2 Å². The van der Waals surface area contributed by atoms with Crippen LogP contribution in [0.4, 0.5) is 0 Å². The minimum absolute atomic E-state index is 0.00349. The monoisotopic (exact) mass is 1230 g/mol. The van der Waals surface area contributed by atoms with Gasteiger partial charge in [0.25, 0.3) is 47.3 Å². The third-order valence-electron chi connectivity index (χ3n) is 15.2. The molecule has 0 aliphatic carbocycles. The zero-order valence-corrected chi connectivity index (χ0v) is 47.9. The molecule has 0 unspecified atom stereocenters. The number of hydrogen-bond donors (Lipinski definition) is 11. The molecule has 2 atom stereocenters. The Morgan fingerprint density at radius 1 is 0.382 bits per heavy atom. The molecule has 14 N–H and O–H groups in total. The van der Waals surface area contributed by atoms with Crippen molar-refractivity contribution in [3.63, 3.8) is 0 Å². The number of unbranched alkanes of at least 4 members (excludes halogenated alkanes) is 2. The van der Waals surface area contributed by atoms with Crippen LogP contribution in [0, 0.1) is 0 Å². The number of amides is 15. The summed E-state index contributed by atoms with van der Waals surface area (Å²) in [7, 11) is 0. The smallest absolute Gasteiger partial charge is 0.322 e. The summed E-state index contributed by atoms with van der Waals surface area (Å²) in [6, 6.07) is 8.72. The van der Waals surface area contributed by atoms with E-state index in [0.29, 0.717) is 38.6 Å². The van der Waals surface area contributed by atoms with Gasteiger partial charge in [0.1, 0.15) is 12.6 Å². The van der Waals surface area contributed by atoms with Crippen LogP contribution < -0.4 is 54.4 Å². The van der Waals surface area contributed by atoms with Crippen LogP contribution in [0.5, 0.6) is 0 Å². The van der Waals surface area contributed by atoms with Gasteiger partial charge in [-0.15, -0.1) is 0 Å². The number of hydrogen-bond acceptors (Lipinski definition) is 19. The van der Waals surface area contributed by atoms with E-state index in [-0.39, 0.29) is 118 Å². The van der Waals surface area contributed by atoms with Crippen molar-refractivity contribution in [1.29, 1.82) is 0 Å². The van der Waals surface area contributed by atoms with Crippen LogP contribution >= 0.6 is 0 Å². The molecular weight excluding hydrogens is 1160 g/mol. The number of benzene rings is 4. The molecule has 89 heavy (non-hydrogen) atoms. The molecule has 4 aliphatic rings. The van der Waals surface area contributed by atoms with Gasteiger partial charge in [0.2, 0.25) is 41.4 Å². The Bertz CT molecular complexity index is 3560. The topological polar surface area (TPSA) is 469 Å². The maximum atomic E-state index is 13.8. The summed E-state index contributed by atoms with van der Waals surface area (Å²) in [6.07, 6.45) is 1.89. The van der Waals surface area contributed by atoms with E-state index in [0.717, 1.165) is 19.6 Å². The second kappa shape index (κ2) is 28.4. The second-order valence-corrected chi connectivity index (χ2v) is 21.1. The molecule has 0 fully saturated rings. The van der Waals surface area contributed by atoms with Gasteiger partial charge in [-0.05, 0) is 93.7 Å². The van der Waals surface area contributed by atoms with Crippen LogP contribution in [0.1, 0.15) is 134 Å². The highest BCUT2D eigenvalue weighted by Gasteiger charge is 2.42. The van der Waals surface area contributed by atoms with Crippen molar-refractivity contribution >= 4 is 116 Å². The molecular formula is C58H64N14O17. The molecule has 0 bridgehead atoms. The molecule has 31 nitrogen and oxygen atoms in total. The number of carbonyl (C=O) groups excluding carboxylic acids is 15. The lowest BCUT2D eigenvalue weighted by molar-refractivity contribution is -0.138. The molecule has 4 aromatic rings. The molecule has 0 aromatic heterocycles. The van der Waals surface area contributed by atoms with Crippen molar-refractivity contribution in [1.82, 2.24) is 56.8 Å². The van der Waals surface area contributed by atoms with Crippen LogP contribution in [0.2, 0.25) is 0 Å². The Labute approximate surface area is 505 Å². The van der Waals surface area contributed by atoms with E-state index in [1.807, 2.05) is 0 Å². The summed E-state index contributed by atoms with van der Waals surface area (Å²) in [4.78, 5) is 213. The second-order valence-electron chi connectivity index (χ2n) is 21.1. The summed E-state index contributed by atoms with van der Waals surface area (Å²) in [5.41, 5.74) is 17.2. The number of nitrogens with two attached hydrogens (primary N) is 3. The number of carbonyl (C=O) groups is 16. The Morgan fingerprint density at radius 3 is 1.03 bits per heavy atom. The molecule has 0 saturated heterocycles. The van der Waals surface area contributed by atoms with Gasteiger partial charge in [0, 0.05) is 118 Å². The number of nitrogens with one attached hydrogen (secondary N) is 7. The minimum atomic E-state index is -1.29. The Balaban J connectivity index is 0.759. The van der Waals surface area contributed by atoms with Gasteiger partial charge in [-0.25, -0.2) is 0 Å². The van der Waals surface area contributed by atoms with E-state index >= 15 is 0 Å². The van der Waals surface area contributed by atoms with Crippen LogP contribution in [0.25, 0.3) is 21.5 Å². The van der Waals surface area contributed by atoms with Gasteiger partial charge in [-0.3, -0.25) is 96.3 Å². The normalized spacial score (nSPS) is 14.6. The predicted molar refractivity (Wildman–Crippen MR) is 310 cm³/mol. The number of aliphatic carboxylic acids is 1. The average molecular weight is 1230 g/mol. The van der Waals surface area contributed by atoms with Gasteiger partial charge < -0.3 is 59.5 Å². The zero-order valence-electron chi connectivity index (χ0n) is 47.9. The molecule has 0 spiro atoms. The lowest BCUT2D eigenvalue weighted by Crippen LogP contribution is -2.52. The summed E-state index contributed by atoms with van der Waals surface area (Å²) >= 11 is 0. The fraction of sp³-hybridized carbons (Fsp3) is 0.379. The maximum absolute atomic E-state index is 13.8. The molecule has 4 heterocycles. The van der Waals surface area contributed by atoms with Crippen LogP contribution in [0.3, 0.4) is 0 Å². The molecule has 15 amide bonds. The minimum Gasteiger partial charge on any atom is -0.480 e. The van der Waals surface area contributed by atoms with Crippen LogP contribution in [-0.2, 0) is 38.4 Å².